The molecule has 0 radical (unpaired) electrons. The molecule has 0 saturated heterocycles. The van der Waals surface area contributed by atoms with Crippen LogP contribution in [0.1, 0.15) is 46.3 Å². The topological polar surface area (TPSA) is 75.6 Å². The first-order chi connectivity index (χ1) is 14.0. The Morgan fingerprint density at radius 1 is 1.14 bits per heavy atom. The van der Waals surface area contributed by atoms with Gasteiger partial charge in [0.25, 0.3) is 0 Å². The number of aromatic carboxylic acids is 1. The average Bonchev–Trinajstić information content (AvgIpc) is 3.07. The number of rotatable bonds is 5. The van der Waals surface area contributed by atoms with Gasteiger partial charge < -0.3 is 15.2 Å². The van der Waals surface area contributed by atoms with Gasteiger partial charge >= 0.3 is 5.97 Å². The quantitative estimate of drug-likeness (QED) is 0.596. The van der Waals surface area contributed by atoms with Gasteiger partial charge in [0.05, 0.1) is 11.8 Å². The molecule has 0 aliphatic carbocycles. The van der Waals surface area contributed by atoms with Gasteiger partial charge in [-0.2, -0.15) is 0 Å². The Bertz CT molecular complexity index is 1070. The summed E-state index contributed by atoms with van der Waals surface area (Å²) < 4.78 is 5.97. The molecule has 0 spiro atoms. The van der Waals surface area contributed by atoms with E-state index in [1.807, 2.05) is 68.4 Å². The molecule has 2 heterocycles. The maximum absolute atomic E-state index is 12.6. The molecule has 1 amide bonds. The van der Waals surface area contributed by atoms with Crippen LogP contribution in [-0.2, 0) is 4.79 Å². The molecule has 2 aromatic carbocycles. The van der Waals surface area contributed by atoms with Gasteiger partial charge in [-0.05, 0) is 25.5 Å². The summed E-state index contributed by atoms with van der Waals surface area (Å²) in [6.07, 6.45) is 0.241. The van der Waals surface area contributed by atoms with Crippen molar-refractivity contribution in [1.82, 2.24) is 0 Å². The SMILES string of the molecule is CC(C)Oc1ccccc1C1CC(=O)Nc2c1sc(C(=O)O)c2-c1ccccc1. The number of nitrogens with one attached hydrogen (secondary N) is 1. The van der Waals surface area contributed by atoms with Crippen molar-refractivity contribution in [2.45, 2.75) is 32.3 Å². The fraction of sp³-hybridized carbons (Fsp3) is 0.217. The third-order valence-electron chi connectivity index (χ3n) is 4.82. The number of carbonyl (C=O) groups excluding carboxylic acids is 1. The second-order valence-corrected chi connectivity index (χ2v) is 8.28. The van der Waals surface area contributed by atoms with Crippen molar-refractivity contribution >= 4 is 28.9 Å². The minimum absolute atomic E-state index is 0.00849. The Balaban J connectivity index is 1.92. The number of anilines is 1. The lowest BCUT2D eigenvalue weighted by atomic mass is 9.88. The minimum Gasteiger partial charge on any atom is -0.491 e. The van der Waals surface area contributed by atoms with Gasteiger partial charge in [0, 0.05) is 28.3 Å². The molecular formula is C23H21NO4S. The van der Waals surface area contributed by atoms with Crippen LogP contribution >= 0.6 is 11.3 Å². The van der Waals surface area contributed by atoms with Crippen molar-refractivity contribution < 1.29 is 19.4 Å². The number of benzene rings is 2. The summed E-state index contributed by atoms with van der Waals surface area (Å²) in [5.41, 5.74) is 2.84. The lowest BCUT2D eigenvalue weighted by Gasteiger charge is -2.26. The van der Waals surface area contributed by atoms with E-state index in [9.17, 15) is 14.7 Å². The molecule has 2 N–H and O–H groups in total. The first kappa shape index (κ1) is 19.2. The van der Waals surface area contributed by atoms with Crippen LogP contribution < -0.4 is 10.1 Å². The fourth-order valence-electron chi connectivity index (χ4n) is 3.70. The highest BCUT2D eigenvalue weighted by atomic mass is 32.1. The summed E-state index contributed by atoms with van der Waals surface area (Å²) in [5, 5.41) is 12.8. The van der Waals surface area contributed by atoms with Gasteiger partial charge in [-0.1, -0.05) is 48.5 Å². The van der Waals surface area contributed by atoms with Crippen LogP contribution in [0.15, 0.2) is 54.6 Å². The zero-order valence-electron chi connectivity index (χ0n) is 16.1. The summed E-state index contributed by atoms with van der Waals surface area (Å²) in [7, 11) is 0. The Hall–Kier alpha value is -3.12. The number of carboxylic acids is 1. The Kier molecular flexibility index (Phi) is 5.11. The highest BCUT2D eigenvalue weighted by Crippen LogP contribution is 2.50. The van der Waals surface area contributed by atoms with Crippen molar-refractivity contribution in [2.75, 3.05) is 5.32 Å². The van der Waals surface area contributed by atoms with E-state index in [2.05, 4.69) is 5.32 Å². The molecule has 0 bridgehead atoms. The van der Waals surface area contributed by atoms with Crippen LogP contribution in [0.5, 0.6) is 5.75 Å². The molecule has 29 heavy (non-hydrogen) atoms. The molecule has 1 atom stereocenters. The smallest absolute Gasteiger partial charge is 0.346 e. The van der Waals surface area contributed by atoms with Crippen LogP contribution in [0.4, 0.5) is 5.69 Å². The zero-order chi connectivity index (χ0) is 20.5. The molecule has 0 fully saturated rings. The number of fused-ring (bicyclic) bond motifs is 1. The molecule has 1 aliphatic heterocycles. The normalized spacial score (nSPS) is 15.7. The first-order valence-corrected chi connectivity index (χ1v) is 10.3. The van der Waals surface area contributed by atoms with Gasteiger partial charge in [-0.15, -0.1) is 11.3 Å². The minimum atomic E-state index is -0.997. The van der Waals surface area contributed by atoms with E-state index >= 15 is 0 Å². The average molecular weight is 407 g/mol. The van der Waals surface area contributed by atoms with Crippen molar-refractivity contribution in [3.8, 4) is 16.9 Å². The number of hydrogen-bond donors (Lipinski definition) is 2. The highest BCUT2D eigenvalue weighted by molar-refractivity contribution is 7.15. The standard InChI is InChI=1S/C23H21NO4S/c1-13(2)28-17-11-7-6-10-15(17)16-12-18(25)24-20-19(14-8-4-3-5-9-14)22(23(26)27)29-21(16)20/h3-11,13,16H,12H2,1-2H3,(H,24,25)(H,26,27). The maximum Gasteiger partial charge on any atom is 0.346 e. The second kappa shape index (κ2) is 7.72. The molecule has 6 heteroatoms. The molecule has 148 valence electrons. The summed E-state index contributed by atoms with van der Waals surface area (Å²) in [5.74, 6) is -0.661. The molecule has 5 nitrogen and oxygen atoms in total. The molecule has 0 saturated carbocycles. The predicted molar refractivity (Wildman–Crippen MR) is 114 cm³/mol. The number of thiophene rings is 1. The monoisotopic (exact) mass is 407 g/mol. The van der Waals surface area contributed by atoms with Crippen LogP contribution in [0.2, 0.25) is 0 Å². The molecular weight excluding hydrogens is 386 g/mol. The van der Waals surface area contributed by atoms with Gasteiger partial charge in [0.15, 0.2) is 0 Å². The molecule has 3 aromatic rings. The number of carboxylic acid groups (broad SMARTS) is 1. The third-order valence-corrected chi connectivity index (χ3v) is 6.11. The molecule has 4 rings (SSSR count). The maximum atomic E-state index is 12.6. The number of amides is 1. The van der Waals surface area contributed by atoms with E-state index in [0.29, 0.717) is 11.3 Å². The highest BCUT2D eigenvalue weighted by Gasteiger charge is 2.35. The molecule has 1 unspecified atom stereocenters. The summed E-state index contributed by atoms with van der Waals surface area (Å²) in [6, 6.07) is 17.0. The molecule has 1 aliphatic rings. The number of ether oxygens (including phenoxy) is 1. The van der Waals surface area contributed by atoms with E-state index < -0.39 is 5.97 Å². The van der Waals surface area contributed by atoms with Gasteiger partial charge in [-0.3, -0.25) is 4.79 Å². The molecule has 1 aromatic heterocycles. The lowest BCUT2D eigenvalue weighted by molar-refractivity contribution is -0.116. The van der Waals surface area contributed by atoms with E-state index in [1.54, 1.807) is 0 Å². The zero-order valence-corrected chi connectivity index (χ0v) is 17.0. The number of para-hydroxylation sites is 1. The van der Waals surface area contributed by atoms with Gasteiger partial charge in [0.1, 0.15) is 10.6 Å². The van der Waals surface area contributed by atoms with Gasteiger partial charge in [0.2, 0.25) is 5.91 Å². The Morgan fingerprint density at radius 3 is 2.52 bits per heavy atom. The van der Waals surface area contributed by atoms with E-state index in [4.69, 9.17) is 4.74 Å². The Labute approximate surface area is 173 Å². The van der Waals surface area contributed by atoms with Crippen molar-refractivity contribution in [2.24, 2.45) is 0 Å². The van der Waals surface area contributed by atoms with Crippen LogP contribution in [0, 0.1) is 0 Å². The third kappa shape index (κ3) is 3.63. The summed E-state index contributed by atoms with van der Waals surface area (Å²) in [6.45, 7) is 3.91. The van der Waals surface area contributed by atoms with Gasteiger partial charge in [-0.25, -0.2) is 4.79 Å². The van der Waals surface area contributed by atoms with E-state index in [0.717, 1.165) is 21.8 Å². The van der Waals surface area contributed by atoms with E-state index in [1.165, 1.54) is 11.3 Å². The summed E-state index contributed by atoms with van der Waals surface area (Å²) >= 11 is 1.23. The predicted octanol–water partition coefficient (Wildman–Crippen LogP) is 5.37. The van der Waals surface area contributed by atoms with Crippen LogP contribution in [-0.4, -0.2) is 23.1 Å². The lowest BCUT2D eigenvalue weighted by Crippen LogP contribution is -2.23. The van der Waals surface area contributed by atoms with Crippen LogP contribution in [0.25, 0.3) is 11.1 Å². The number of carbonyl (C=O) groups is 2. The van der Waals surface area contributed by atoms with Crippen molar-refractivity contribution in [3.63, 3.8) is 0 Å². The fourth-order valence-corrected chi connectivity index (χ4v) is 4.94. The van der Waals surface area contributed by atoms with Crippen LogP contribution in [0.3, 0.4) is 0 Å². The van der Waals surface area contributed by atoms with Crippen molar-refractivity contribution in [3.05, 3.63) is 69.9 Å². The first-order valence-electron chi connectivity index (χ1n) is 9.46. The van der Waals surface area contributed by atoms with E-state index in [-0.39, 0.29) is 29.2 Å². The Morgan fingerprint density at radius 2 is 1.83 bits per heavy atom. The summed E-state index contributed by atoms with van der Waals surface area (Å²) in [4.78, 5) is 25.7. The number of hydrogen-bond acceptors (Lipinski definition) is 4. The largest absolute Gasteiger partial charge is 0.491 e. The van der Waals surface area contributed by atoms with Crippen molar-refractivity contribution in [1.29, 1.82) is 0 Å². The second-order valence-electron chi connectivity index (χ2n) is 7.23.